The molecule has 0 aromatic heterocycles. The van der Waals surface area contributed by atoms with Crippen molar-refractivity contribution < 1.29 is 9.90 Å². The molecule has 25 heavy (non-hydrogen) atoms. The molecule has 0 spiro atoms. The summed E-state index contributed by atoms with van der Waals surface area (Å²) in [5.74, 6) is -0.819. The Bertz CT molecular complexity index is 810. The smallest absolute Gasteiger partial charge is 0.307 e. The van der Waals surface area contributed by atoms with E-state index < -0.39 is 5.97 Å². The molecule has 0 aliphatic carbocycles. The van der Waals surface area contributed by atoms with Crippen molar-refractivity contribution in [3.8, 4) is 0 Å². The van der Waals surface area contributed by atoms with Gasteiger partial charge in [-0.25, -0.2) is 0 Å². The van der Waals surface area contributed by atoms with Crippen molar-refractivity contribution in [2.24, 2.45) is 0 Å². The normalized spacial score (nSPS) is 14.2. The zero-order chi connectivity index (χ0) is 18.1. The first-order valence-corrected chi connectivity index (χ1v) is 9.31. The Morgan fingerprint density at radius 2 is 2.04 bits per heavy atom. The summed E-state index contributed by atoms with van der Waals surface area (Å²) in [4.78, 5) is 17.9. The second-order valence-corrected chi connectivity index (χ2v) is 7.99. The number of carbonyl (C=O) groups is 1. The van der Waals surface area contributed by atoms with E-state index >= 15 is 0 Å². The fourth-order valence-electron chi connectivity index (χ4n) is 2.91. The Hall–Kier alpha value is -1.69. The molecule has 1 N–H and O–H groups in total. The van der Waals surface area contributed by atoms with Crippen LogP contribution < -0.4 is 4.90 Å². The van der Waals surface area contributed by atoms with Gasteiger partial charge in [-0.1, -0.05) is 35.5 Å². The molecule has 0 saturated heterocycles. The molecule has 1 aliphatic rings. The highest BCUT2D eigenvalue weighted by Gasteiger charge is 2.28. The zero-order valence-electron chi connectivity index (χ0n) is 14.5. The molecule has 0 saturated carbocycles. The van der Waals surface area contributed by atoms with Gasteiger partial charge < -0.3 is 14.9 Å². The number of benzene rings is 2. The number of aliphatic carboxylic acids is 1. The van der Waals surface area contributed by atoms with Gasteiger partial charge in [0.2, 0.25) is 0 Å². The number of nitrogens with zero attached hydrogens (tertiary/aromatic N) is 2. The summed E-state index contributed by atoms with van der Waals surface area (Å²) >= 11 is 7.83. The number of likely N-dealkylation sites (N-methyl/N-ethyl adjacent to an activating group) is 1. The zero-order valence-corrected chi connectivity index (χ0v) is 16.1. The summed E-state index contributed by atoms with van der Waals surface area (Å²) in [5.41, 5.74) is 2.91. The molecule has 0 radical (unpaired) electrons. The van der Waals surface area contributed by atoms with Crippen LogP contribution in [0.2, 0.25) is 5.02 Å². The average molecular weight is 377 g/mol. The van der Waals surface area contributed by atoms with Gasteiger partial charge in [0.1, 0.15) is 0 Å². The Morgan fingerprint density at radius 3 is 2.72 bits per heavy atom. The molecule has 2 aromatic rings. The van der Waals surface area contributed by atoms with Crippen molar-refractivity contribution >= 4 is 40.7 Å². The first-order chi connectivity index (χ1) is 11.9. The summed E-state index contributed by atoms with van der Waals surface area (Å²) in [6.07, 6.45) is 0.0134. The molecule has 1 unspecified atom stereocenters. The fraction of sp³-hybridized carbons (Fsp3) is 0.316. The van der Waals surface area contributed by atoms with Gasteiger partial charge in [-0.15, -0.1) is 0 Å². The minimum absolute atomic E-state index is 0.0134. The first-order valence-electron chi connectivity index (χ1n) is 8.12. The van der Waals surface area contributed by atoms with Crippen LogP contribution in [-0.2, 0) is 11.2 Å². The van der Waals surface area contributed by atoms with Gasteiger partial charge >= 0.3 is 5.97 Å². The lowest BCUT2D eigenvalue weighted by molar-refractivity contribution is -0.136. The van der Waals surface area contributed by atoms with Crippen molar-refractivity contribution in [3.63, 3.8) is 0 Å². The maximum atomic E-state index is 11.3. The predicted octanol–water partition coefficient (Wildman–Crippen LogP) is 4.52. The lowest BCUT2D eigenvalue weighted by atomic mass is 10.1. The lowest BCUT2D eigenvalue weighted by Crippen LogP contribution is -2.37. The van der Waals surface area contributed by atoms with Crippen LogP contribution in [0.4, 0.5) is 11.4 Å². The largest absolute Gasteiger partial charge is 0.481 e. The van der Waals surface area contributed by atoms with Gasteiger partial charge in [0.25, 0.3) is 0 Å². The van der Waals surface area contributed by atoms with Crippen LogP contribution in [-0.4, -0.2) is 42.7 Å². The van der Waals surface area contributed by atoms with Crippen molar-refractivity contribution in [3.05, 3.63) is 47.0 Å². The molecule has 0 amide bonds. The molecular formula is C19H21ClN2O2S. The van der Waals surface area contributed by atoms with Gasteiger partial charge in [0.15, 0.2) is 0 Å². The van der Waals surface area contributed by atoms with Crippen LogP contribution in [0.25, 0.3) is 0 Å². The lowest BCUT2D eigenvalue weighted by Gasteiger charge is -2.37. The fourth-order valence-corrected chi connectivity index (χ4v) is 4.34. The second-order valence-electron chi connectivity index (χ2n) is 6.47. The summed E-state index contributed by atoms with van der Waals surface area (Å²) in [6.45, 7) is 2.93. The van der Waals surface area contributed by atoms with Crippen LogP contribution >= 0.6 is 23.4 Å². The molecule has 1 atom stereocenters. The van der Waals surface area contributed by atoms with Crippen molar-refractivity contribution in [1.29, 1.82) is 0 Å². The highest BCUT2D eigenvalue weighted by Crippen LogP contribution is 2.50. The van der Waals surface area contributed by atoms with Crippen LogP contribution in [0, 0.1) is 0 Å². The first kappa shape index (κ1) is 18.1. The number of halogens is 1. The van der Waals surface area contributed by atoms with Crippen molar-refractivity contribution in [2.45, 2.75) is 29.2 Å². The van der Waals surface area contributed by atoms with Gasteiger partial charge in [-0.2, -0.15) is 0 Å². The predicted molar refractivity (Wildman–Crippen MR) is 104 cm³/mol. The maximum Gasteiger partial charge on any atom is 0.307 e. The highest BCUT2D eigenvalue weighted by atomic mass is 35.5. The number of fused-ring (bicyclic) bond motifs is 2. The quantitative estimate of drug-likeness (QED) is 0.831. The monoisotopic (exact) mass is 376 g/mol. The van der Waals surface area contributed by atoms with Gasteiger partial charge in [-0.05, 0) is 50.8 Å². The van der Waals surface area contributed by atoms with Crippen molar-refractivity contribution in [2.75, 3.05) is 25.5 Å². The summed E-state index contributed by atoms with van der Waals surface area (Å²) in [6, 6.07) is 12.1. The third-order valence-electron chi connectivity index (χ3n) is 4.46. The molecule has 4 nitrogen and oxygen atoms in total. The molecule has 6 heteroatoms. The molecule has 2 aromatic carbocycles. The van der Waals surface area contributed by atoms with Gasteiger partial charge in [-0.3, -0.25) is 4.79 Å². The average Bonchev–Trinajstić information content (AvgIpc) is 2.53. The number of hydrogen-bond donors (Lipinski definition) is 1. The Balaban J connectivity index is 2.13. The van der Waals surface area contributed by atoms with Crippen LogP contribution in [0.15, 0.2) is 46.2 Å². The molecule has 0 fully saturated rings. The highest BCUT2D eigenvalue weighted by molar-refractivity contribution is 7.99. The molecular weight excluding hydrogens is 356 g/mol. The Morgan fingerprint density at radius 1 is 1.28 bits per heavy atom. The molecule has 1 heterocycles. The van der Waals surface area contributed by atoms with Crippen LogP contribution in [0.3, 0.4) is 0 Å². The van der Waals surface area contributed by atoms with E-state index in [1.807, 2.05) is 36.4 Å². The minimum Gasteiger partial charge on any atom is -0.481 e. The molecule has 3 rings (SSSR count). The van der Waals surface area contributed by atoms with E-state index in [1.165, 1.54) is 0 Å². The summed E-state index contributed by atoms with van der Waals surface area (Å²) in [7, 11) is 4.10. The van der Waals surface area contributed by atoms with Crippen LogP contribution in [0.5, 0.6) is 0 Å². The molecule has 132 valence electrons. The number of anilines is 2. The van der Waals surface area contributed by atoms with E-state index in [2.05, 4.69) is 30.8 Å². The third kappa shape index (κ3) is 3.78. The summed E-state index contributed by atoms with van der Waals surface area (Å²) < 4.78 is 0. The van der Waals surface area contributed by atoms with E-state index in [0.29, 0.717) is 11.1 Å². The number of rotatable bonds is 5. The number of carboxylic acid groups (broad SMARTS) is 1. The summed E-state index contributed by atoms with van der Waals surface area (Å²) in [5, 5.41) is 10.0. The van der Waals surface area contributed by atoms with E-state index in [1.54, 1.807) is 11.8 Å². The van der Waals surface area contributed by atoms with E-state index in [9.17, 15) is 9.90 Å². The van der Waals surface area contributed by atoms with E-state index in [-0.39, 0.29) is 6.42 Å². The molecule has 1 aliphatic heterocycles. The second kappa shape index (κ2) is 7.28. The minimum atomic E-state index is -0.819. The van der Waals surface area contributed by atoms with E-state index in [4.69, 9.17) is 11.6 Å². The van der Waals surface area contributed by atoms with Gasteiger partial charge in [0.05, 0.1) is 17.8 Å². The molecule has 0 bridgehead atoms. The van der Waals surface area contributed by atoms with Crippen LogP contribution in [0.1, 0.15) is 12.5 Å². The maximum absolute atomic E-state index is 11.3. The van der Waals surface area contributed by atoms with E-state index in [0.717, 1.165) is 33.3 Å². The Kier molecular flexibility index (Phi) is 5.27. The number of hydrogen-bond acceptors (Lipinski definition) is 4. The van der Waals surface area contributed by atoms with Gasteiger partial charge in [0, 0.05) is 27.4 Å². The standard InChI is InChI=1S/C19H21ClN2O2S/c1-12(21(2)3)11-22-15-8-7-14(20)10-17(15)25-16-6-4-5-13(19(16)22)9-18(23)24/h4-8,10,12H,9,11H2,1-3H3,(H,23,24). The third-order valence-corrected chi connectivity index (χ3v) is 5.79. The number of para-hydroxylation sites is 1. The SMILES string of the molecule is CC(CN1c2ccc(Cl)cc2Sc2cccc(CC(=O)O)c21)N(C)C. The topological polar surface area (TPSA) is 43.8 Å². The Labute approximate surface area is 157 Å². The number of carboxylic acids is 1. The van der Waals surface area contributed by atoms with Crippen molar-refractivity contribution in [1.82, 2.24) is 4.90 Å².